The van der Waals surface area contributed by atoms with Gasteiger partial charge in [0.2, 0.25) is 0 Å². The van der Waals surface area contributed by atoms with Gasteiger partial charge in [0.1, 0.15) is 17.7 Å². The fourth-order valence-electron chi connectivity index (χ4n) is 10.9. The summed E-state index contributed by atoms with van der Waals surface area (Å²) < 4.78 is 0. The second-order valence-corrected chi connectivity index (χ2v) is 16.3. The Kier molecular flexibility index (Phi) is 8.92. The molecule has 10 rings (SSSR count). The molecule has 278 valence electrons. The Morgan fingerprint density at radius 2 is 0.983 bits per heavy atom. The van der Waals surface area contributed by atoms with Gasteiger partial charge in [0.25, 0.3) is 0 Å². The molecule has 0 amide bonds. The maximum absolute atomic E-state index is 10.7. The van der Waals surface area contributed by atoms with Crippen molar-refractivity contribution >= 4 is 21.5 Å². The van der Waals surface area contributed by atoms with Crippen molar-refractivity contribution in [1.29, 1.82) is 10.5 Å². The Hall–Kier alpha value is -6.88. The number of aromatic nitrogens is 2. The van der Waals surface area contributed by atoms with Crippen LogP contribution >= 0.6 is 0 Å². The van der Waals surface area contributed by atoms with Gasteiger partial charge < -0.3 is 0 Å². The lowest BCUT2D eigenvalue weighted by atomic mass is 9.49. The van der Waals surface area contributed by atoms with Gasteiger partial charge >= 0.3 is 0 Å². The quantitative estimate of drug-likeness (QED) is 0.159. The van der Waals surface area contributed by atoms with Crippen LogP contribution in [0, 0.1) is 40.4 Å². The van der Waals surface area contributed by atoms with Gasteiger partial charge in [0.15, 0.2) is 5.82 Å². The summed E-state index contributed by atoms with van der Waals surface area (Å²) in [6.45, 7) is 2.48. The van der Waals surface area contributed by atoms with Crippen LogP contribution in [0.15, 0.2) is 158 Å². The number of nitrogens with zero attached hydrogens (tertiary/aromatic N) is 4. The zero-order valence-electron chi connectivity index (χ0n) is 32.6. The lowest BCUT2D eigenvalue weighted by Gasteiger charge is -2.54. The molecule has 7 aromatic carbocycles. The second kappa shape index (κ2) is 14.6. The predicted octanol–water partition coefficient (Wildman–Crippen LogP) is 13.3. The number of benzene rings is 7. The molecule has 4 atom stereocenters. The van der Waals surface area contributed by atoms with Gasteiger partial charge in [0.05, 0.1) is 17.0 Å². The van der Waals surface area contributed by atoms with Crippen molar-refractivity contribution < 1.29 is 0 Å². The van der Waals surface area contributed by atoms with E-state index in [2.05, 4.69) is 104 Å². The van der Waals surface area contributed by atoms with E-state index < -0.39 is 0 Å². The standard InChI is InChI=1S/C54H42N4/c1-35-31-36-13-12-18-43(32-36)54(35,41-27-23-37(24-28-41)50-46-21-10-8-19-44(46)48(33-55)45-20-9-11-22-47(45)50)42-29-25-39(26-30-42)52-49(34-56)51(38-14-4-2-5-15-38)57-53(58-52)40-16-6-3-7-17-40/h2-11,14-17,19-30,35-36,43H,12-13,18,31-32H2,1H3. The SMILES string of the molecule is CC1CC2CCCC(C2)C1(c1ccc(-c2nc(-c3ccccc3)nc(-c3ccccc3)c2C#N)cc1)c1ccc(-c2c3ccccc3c(C#N)c3ccccc23)cc1. The average molecular weight is 747 g/mol. The molecular weight excluding hydrogens is 705 g/mol. The zero-order chi connectivity index (χ0) is 39.2. The molecule has 1 aromatic heterocycles. The molecule has 4 heteroatoms. The summed E-state index contributed by atoms with van der Waals surface area (Å²) in [6, 6.07) is 60.1. The molecule has 8 aromatic rings. The lowest BCUT2D eigenvalue weighted by molar-refractivity contribution is 0.0642. The van der Waals surface area contributed by atoms with Gasteiger partial charge in [-0.05, 0) is 70.0 Å². The van der Waals surface area contributed by atoms with Crippen LogP contribution in [-0.2, 0) is 5.41 Å². The number of hydrogen-bond donors (Lipinski definition) is 0. The van der Waals surface area contributed by atoms with Crippen molar-refractivity contribution in [2.24, 2.45) is 17.8 Å². The molecule has 4 unspecified atom stereocenters. The molecule has 2 fully saturated rings. The van der Waals surface area contributed by atoms with E-state index in [1.54, 1.807) is 0 Å². The van der Waals surface area contributed by atoms with Crippen LogP contribution in [0.5, 0.6) is 0 Å². The first-order chi connectivity index (χ1) is 28.6. The normalized spacial score (nSPS) is 20.0. The van der Waals surface area contributed by atoms with E-state index in [4.69, 9.17) is 9.97 Å². The van der Waals surface area contributed by atoms with E-state index in [0.29, 0.717) is 34.6 Å². The third kappa shape index (κ3) is 5.71. The predicted molar refractivity (Wildman–Crippen MR) is 235 cm³/mol. The van der Waals surface area contributed by atoms with Crippen LogP contribution in [0.1, 0.15) is 61.3 Å². The molecule has 2 saturated carbocycles. The highest BCUT2D eigenvalue weighted by Crippen LogP contribution is 2.58. The highest BCUT2D eigenvalue weighted by molar-refractivity contribution is 6.16. The van der Waals surface area contributed by atoms with E-state index in [-0.39, 0.29) is 5.41 Å². The Morgan fingerprint density at radius 1 is 0.500 bits per heavy atom. The van der Waals surface area contributed by atoms with Gasteiger partial charge in [-0.25, -0.2) is 9.97 Å². The highest BCUT2D eigenvalue weighted by Gasteiger charge is 2.51. The molecular formula is C54H42N4. The summed E-state index contributed by atoms with van der Waals surface area (Å²) in [5.41, 5.74) is 10.1. The molecule has 0 radical (unpaired) electrons. The topological polar surface area (TPSA) is 73.4 Å². The minimum Gasteiger partial charge on any atom is -0.227 e. The summed E-state index contributed by atoms with van der Waals surface area (Å²) in [6.07, 6.45) is 6.24. The maximum Gasteiger partial charge on any atom is 0.160 e. The minimum absolute atomic E-state index is 0.170. The Labute approximate surface area is 340 Å². The van der Waals surface area contributed by atoms with E-state index in [1.807, 2.05) is 72.8 Å². The third-order valence-corrected chi connectivity index (χ3v) is 13.3. The first-order valence-electron chi connectivity index (χ1n) is 20.6. The van der Waals surface area contributed by atoms with Crippen molar-refractivity contribution in [3.8, 4) is 57.2 Å². The van der Waals surface area contributed by atoms with E-state index in [1.165, 1.54) is 48.8 Å². The summed E-state index contributed by atoms with van der Waals surface area (Å²) in [5, 5.41) is 25.1. The van der Waals surface area contributed by atoms with Gasteiger partial charge in [-0.1, -0.05) is 177 Å². The van der Waals surface area contributed by atoms with Crippen LogP contribution in [0.25, 0.3) is 66.6 Å². The molecule has 4 nitrogen and oxygen atoms in total. The van der Waals surface area contributed by atoms with Crippen molar-refractivity contribution in [3.05, 3.63) is 180 Å². The number of hydrogen-bond acceptors (Lipinski definition) is 4. The van der Waals surface area contributed by atoms with Crippen molar-refractivity contribution in [3.63, 3.8) is 0 Å². The second-order valence-electron chi connectivity index (χ2n) is 16.3. The zero-order valence-corrected chi connectivity index (χ0v) is 32.6. The smallest absolute Gasteiger partial charge is 0.160 e. The Bertz CT molecular complexity index is 2840. The van der Waals surface area contributed by atoms with Gasteiger partial charge in [-0.15, -0.1) is 0 Å². The van der Waals surface area contributed by atoms with Gasteiger partial charge in [-0.2, -0.15) is 10.5 Å². The fraction of sp³-hybridized carbons (Fsp3) is 0.185. The third-order valence-electron chi connectivity index (χ3n) is 13.3. The van der Waals surface area contributed by atoms with Crippen LogP contribution in [0.3, 0.4) is 0 Å². The highest BCUT2D eigenvalue weighted by atomic mass is 14.9. The summed E-state index contributed by atoms with van der Waals surface area (Å²) >= 11 is 0. The molecule has 0 aliphatic heterocycles. The van der Waals surface area contributed by atoms with E-state index >= 15 is 0 Å². The summed E-state index contributed by atoms with van der Waals surface area (Å²) in [4.78, 5) is 10.1. The molecule has 0 saturated heterocycles. The van der Waals surface area contributed by atoms with E-state index in [0.717, 1.165) is 55.3 Å². The molecule has 58 heavy (non-hydrogen) atoms. The molecule has 2 aliphatic carbocycles. The first-order valence-corrected chi connectivity index (χ1v) is 20.6. The van der Waals surface area contributed by atoms with Crippen LogP contribution < -0.4 is 0 Å². The molecule has 2 aliphatic rings. The monoisotopic (exact) mass is 746 g/mol. The molecule has 0 spiro atoms. The van der Waals surface area contributed by atoms with Crippen LogP contribution in [0.2, 0.25) is 0 Å². The Balaban J connectivity index is 1.12. The first kappa shape index (κ1) is 35.5. The molecule has 0 N–H and O–H groups in total. The lowest BCUT2D eigenvalue weighted by Crippen LogP contribution is -2.49. The summed E-state index contributed by atoms with van der Waals surface area (Å²) in [7, 11) is 0. The van der Waals surface area contributed by atoms with Crippen LogP contribution in [-0.4, -0.2) is 9.97 Å². The Morgan fingerprint density at radius 3 is 1.53 bits per heavy atom. The largest absolute Gasteiger partial charge is 0.227 e. The van der Waals surface area contributed by atoms with Crippen molar-refractivity contribution in [2.75, 3.05) is 0 Å². The van der Waals surface area contributed by atoms with Crippen LogP contribution in [0.4, 0.5) is 0 Å². The van der Waals surface area contributed by atoms with Gasteiger partial charge in [0, 0.05) is 32.9 Å². The average Bonchev–Trinajstić information content (AvgIpc) is 3.29. The van der Waals surface area contributed by atoms with Crippen molar-refractivity contribution in [1.82, 2.24) is 9.97 Å². The molecule has 1 heterocycles. The maximum atomic E-state index is 10.7. The number of nitriles is 2. The van der Waals surface area contributed by atoms with Crippen molar-refractivity contribution in [2.45, 2.75) is 44.4 Å². The number of rotatable bonds is 6. The summed E-state index contributed by atoms with van der Waals surface area (Å²) in [5.74, 6) is 2.33. The van der Waals surface area contributed by atoms with E-state index in [9.17, 15) is 10.5 Å². The molecule has 2 bridgehead atoms. The fourth-order valence-corrected chi connectivity index (χ4v) is 10.9. The minimum atomic E-state index is -0.170. The number of fused-ring (bicyclic) bond motifs is 4. The van der Waals surface area contributed by atoms with Gasteiger partial charge in [-0.3, -0.25) is 0 Å².